The van der Waals surface area contributed by atoms with Crippen LogP contribution in [0.4, 0.5) is 13.2 Å². The van der Waals surface area contributed by atoms with Crippen molar-refractivity contribution in [3.05, 3.63) is 112 Å². The second-order valence-corrected chi connectivity index (χ2v) is 12.5. The Morgan fingerprint density at radius 1 is 0.979 bits per heavy atom. The molecule has 2 aliphatic heterocycles. The van der Waals surface area contributed by atoms with Crippen LogP contribution in [0, 0.1) is 24.4 Å². The van der Waals surface area contributed by atoms with Gasteiger partial charge < -0.3 is 23.9 Å². The van der Waals surface area contributed by atoms with E-state index in [0.29, 0.717) is 61.3 Å². The number of methoxy groups -OCH3 is 1. The molecule has 2 fully saturated rings. The van der Waals surface area contributed by atoms with Crippen molar-refractivity contribution in [2.24, 2.45) is 0 Å². The number of benzene rings is 3. The summed E-state index contributed by atoms with van der Waals surface area (Å²) in [7, 11) is 1.64. The molecule has 9 nitrogen and oxygen atoms in total. The topological polar surface area (TPSA) is 98.9 Å². The molecule has 4 heterocycles. The Kier molecular flexibility index (Phi) is 8.40. The van der Waals surface area contributed by atoms with Gasteiger partial charge in [-0.05, 0) is 60.5 Å². The van der Waals surface area contributed by atoms with Crippen molar-refractivity contribution >= 4 is 17.0 Å². The fourth-order valence-corrected chi connectivity index (χ4v) is 6.24. The van der Waals surface area contributed by atoms with Crippen molar-refractivity contribution in [2.75, 3.05) is 33.4 Å². The lowest BCUT2D eigenvalue weighted by Gasteiger charge is -2.54. The Hall–Kier alpha value is -4.78. The van der Waals surface area contributed by atoms with Crippen molar-refractivity contribution in [2.45, 2.75) is 38.1 Å². The molecule has 48 heavy (non-hydrogen) atoms. The Bertz CT molecular complexity index is 2020. The van der Waals surface area contributed by atoms with Crippen LogP contribution >= 0.6 is 0 Å². The standard InChI is InChI=1S/C36H33F3N4O5/c1-21-6-7-23(27(37)10-21)15-48-34-5-3-4-30(41-34)26-14-28(38)24(11-29(26)39)13-33-40-31-9-8-22(35(44)45)12-32(31)43(33)20-36(46-2)18-42(19-36)25-16-47-17-25/h3-12,14,25H,13,15-20H2,1-2H3,(H,44,45). The average Bonchev–Trinajstić information content (AvgIpc) is 3.35. The van der Waals surface area contributed by atoms with Gasteiger partial charge in [-0.15, -0.1) is 0 Å². The zero-order chi connectivity index (χ0) is 33.6. The molecule has 0 saturated carbocycles. The van der Waals surface area contributed by atoms with E-state index in [0.717, 1.165) is 17.7 Å². The van der Waals surface area contributed by atoms with Gasteiger partial charge in [0.2, 0.25) is 5.88 Å². The number of pyridine rings is 1. The quantitative estimate of drug-likeness (QED) is 0.191. The van der Waals surface area contributed by atoms with Crippen LogP contribution in [-0.4, -0.2) is 75.6 Å². The predicted octanol–water partition coefficient (Wildman–Crippen LogP) is 5.79. The fourth-order valence-electron chi connectivity index (χ4n) is 6.24. The summed E-state index contributed by atoms with van der Waals surface area (Å²) in [6, 6.07) is 16.7. The molecule has 248 valence electrons. The van der Waals surface area contributed by atoms with Gasteiger partial charge in [-0.3, -0.25) is 4.90 Å². The Morgan fingerprint density at radius 3 is 2.48 bits per heavy atom. The molecule has 0 spiro atoms. The predicted molar refractivity (Wildman–Crippen MR) is 170 cm³/mol. The van der Waals surface area contributed by atoms with E-state index in [-0.39, 0.29) is 41.3 Å². The molecule has 7 rings (SSSR count). The molecule has 3 aromatic carbocycles. The molecule has 0 radical (unpaired) electrons. The van der Waals surface area contributed by atoms with Crippen molar-refractivity contribution in [3.63, 3.8) is 0 Å². The number of ether oxygens (including phenoxy) is 3. The minimum atomic E-state index is -1.08. The van der Waals surface area contributed by atoms with E-state index < -0.39 is 29.0 Å². The van der Waals surface area contributed by atoms with Crippen molar-refractivity contribution < 1.29 is 37.3 Å². The van der Waals surface area contributed by atoms with Gasteiger partial charge in [-0.2, -0.15) is 0 Å². The van der Waals surface area contributed by atoms with Crippen LogP contribution in [0.25, 0.3) is 22.3 Å². The number of carboxylic acid groups (broad SMARTS) is 1. The third-order valence-corrected chi connectivity index (χ3v) is 9.14. The maximum absolute atomic E-state index is 15.7. The van der Waals surface area contributed by atoms with Crippen molar-refractivity contribution in [3.8, 4) is 17.1 Å². The van der Waals surface area contributed by atoms with Gasteiger partial charge >= 0.3 is 5.97 Å². The second kappa shape index (κ2) is 12.7. The summed E-state index contributed by atoms with van der Waals surface area (Å²) in [6.45, 7) is 4.67. The molecule has 2 saturated heterocycles. The van der Waals surface area contributed by atoms with Crippen LogP contribution in [0.15, 0.2) is 66.7 Å². The lowest BCUT2D eigenvalue weighted by Crippen LogP contribution is -2.70. The molecular weight excluding hydrogens is 625 g/mol. The summed E-state index contributed by atoms with van der Waals surface area (Å²) < 4.78 is 64.5. The van der Waals surface area contributed by atoms with Gasteiger partial charge in [-0.1, -0.05) is 18.2 Å². The first-order valence-corrected chi connectivity index (χ1v) is 15.5. The maximum Gasteiger partial charge on any atom is 0.335 e. The molecule has 5 aromatic rings. The fraction of sp³-hybridized carbons (Fsp3) is 0.306. The van der Waals surface area contributed by atoms with E-state index in [1.54, 1.807) is 50.4 Å². The van der Waals surface area contributed by atoms with Crippen LogP contribution in [0.5, 0.6) is 5.88 Å². The number of halogens is 3. The Morgan fingerprint density at radius 2 is 1.77 bits per heavy atom. The number of aryl methyl sites for hydroxylation is 1. The summed E-state index contributed by atoms with van der Waals surface area (Å²) in [6.07, 6.45) is -0.0568. The number of hydrogen-bond acceptors (Lipinski definition) is 7. The number of nitrogens with zero attached hydrogens (tertiary/aromatic N) is 4. The highest BCUT2D eigenvalue weighted by atomic mass is 19.1. The first-order chi connectivity index (χ1) is 23.1. The number of aromatic nitrogens is 3. The Labute approximate surface area is 274 Å². The maximum atomic E-state index is 15.7. The van der Waals surface area contributed by atoms with E-state index in [1.165, 1.54) is 18.2 Å². The first kappa shape index (κ1) is 31.8. The molecule has 2 aromatic heterocycles. The van der Waals surface area contributed by atoms with Gasteiger partial charge in [0.05, 0.1) is 48.1 Å². The molecule has 1 N–H and O–H groups in total. The van der Waals surface area contributed by atoms with Gasteiger partial charge in [0.25, 0.3) is 0 Å². The largest absolute Gasteiger partial charge is 0.478 e. The van der Waals surface area contributed by atoms with Gasteiger partial charge in [0.15, 0.2) is 0 Å². The average molecular weight is 659 g/mol. The van der Waals surface area contributed by atoms with E-state index >= 15 is 8.78 Å². The summed E-state index contributed by atoms with van der Waals surface area (Å²) in [5.74, 6) is -2.26. The number of fused-ring (bicyclic) bond motifs is 1. The zero-order valence-electron chi connectivity index (χ0n) is 26.4. The minimum Gasteiger partial charge on any atom is -0.478 e. The molecule has 2 aliphatic rings. The normalized spacial score (nSPS) is 16.1. The SMILES string of the molecule is COC1(Cn2c(Cc3cc(F)c(-c4cccc(OCc5ccc(C)cc5F)n4)cc3F)nc3ccc(C(=O)O)cc32)CN(C2COC2)C1. The number of rotatable bonds is 11. The number of likely N-dealkylation sites (tertiary alicyclic amines) is 1. The second-order valence-electron chi connectivity index (χ2n) is 12.5. The van der Waals surface area contributed by atoms with Crippen molar-refractivity contribution in [1.29, 1.82) is 0 Å². The number of carbonyl (C=O) groups is 1. The molecular formula is C36H33F3N4O5. The molecule has 0 atom stereocenters. The van der Waals surface area contributed by atoms with Crippen LogP contribution in [0.3, 0.4) is 0 Å². The first-order valence-electron chi connectivity index (χ1n) is 15.5. The summed E-state index contributed by atoms with van der Waals surface area (Å²) in [5.41, 5.74) is 1.91. The molecule has 12 heteroatoms. The summed E-state index contributed by atoms with van der Waals surface area (Å²) in [5, 5.41) is 9.66. The van der Waals surface area contributed by atoms with Crippen molar-refractivity contribution in [1.82, 2.24) is 19.4 Å². The molecule has 0 amide bonds. The third kappa shape index (κ3) is 6.14. The van der Waals surface area contributed by atoms with Gasteiger partial charge in [-0.25, -0.2) is 27.9 Å². The van der Waals surface area contributed by atoms with Crippen LogP contribution in [-0.2, 0) is 29.0 Å². The number of imidazole rings is 1. The molecule has 0 unspecified atom stereocenters. The van der Waals surface area contributed by atoms with Crippen LogP contribution in [0.1, 0.15) is 32.9 Å². The lowest BCUT2D eigenvalue weighted by atomic mass is 9.90. The summed E-state index contributed by atoms with van der Waals surface area (Å²) >= 11 is 0. The zero-order valence-corrected chi connectivity index (χ0v) is 26.4. The highest BCUT2D eigenvalue weighted by Crippen LogP contribution is 2.34. The minimum absolute atomic E-state index is 0.0568. The molecule has 0 aliphatic carbocycles. The Balaban J connectivity index is 1.16. The number of carboxylic acids is 1. The molecule has 0 bridgehead atoms. The highest BCUT2D eigenvalue weighted by molar-refractivity contribution is 5.92. The van der Waals surface area contributed by atoms with E-state index in [2.05, 4.69) is 9.88 Å². The third-order valence-electron chi connectivity index (χ3n) is 9.14. The monoisotopic (exact) mass is 658 g/mol. The lowest BCUT2D eigenvalue weighted by molar-refractivity contribution is -0.185. The number of hydrogen-bond donors (Lipinski definition) is 1. The summed E-state index contributed by atoms with van der Waals surface area (Å²) in [4.78, 5) is 23.1. The van der Waals surface area contributed by atoms with Gasteiger partial charge in [0.1, 0.15) is 35.5 Å². The number of aromatic carboxylic acids is 1. The van der Waals surface area contributed by atoms with E-state index in [4.69, 9.17) is 19.2 Å². The highest BCUT2D eigenvalue weighted by Gasteiger charge is 2.48. The van der Waals surface area contributed by atoms with Crippen LogP contribution < -0.4 is 4.74 Å². The van der Waals surface area contributed by atoms with E-state index in [1.807, 2.05) is 4.57 Å². The smallest absolute Gasteiger partial charge is 0.335 e. The van der Waals surface area contributed by atoms with E-state index in [9.17, 15) is 14.3 Å². The van der Waals surface area contributed by atoms with Gasteiger partial charge in [0, 0.05) is 43.8 Å². The van der Waals surface area contributed by atoms with Crippen LogP contribution in [0.2, 0.25) is 0 Å².